The highest BCUT2D eigenvalue weighted by molar-refractivity contribution is 6.07. The molecule has 0 aromatic heterocycles. The van der Waals surface area contributed by atoms with Gasteiger partial charge in [-0.1, -0.05) is 35.0 Å². The van der Waals surface area contributed by atoms with Crippen LogP contribution < -0.4 is 10.1 Å². The number of methoxy groups -OCH3 is 1. The fourth-order valence-electron chi connectivity index (χ4n) is 2.42. The van der Waals surface area contributed by atoms with Gasteiger partial charge in [0, 0.05) is 17.7 Å². The predicted octanol–water partition coefficient (Wildman–Crippen LogP) is 3.14. The number of anilines is 1. The number of oxime groups is 1. The Labute approximate surface area is 134 Å². The topological polar surface area (TPSA) is 59.9 Å². The number of nitrogens with one attached hydrogen (secondary N) is 1. The molecule has 0 radical (unpaired) electrons. The number of ether oxygens (including phenoxy) is 1. The average molecular weight is 310 g/mol. The molecule has 0 fully saturated rings. The van der Waals surface area contributed by atoms with Crippen LogP contribution >= 0.6 is 0 Å². The molecule has 0 aliphatic carbocycles. The number of para-hydroxylation sites is 1. The van der Waals surface area contributed by atoms with Crippen LogP contribution in [-0.2, 0) is 9.63 Å². The molecule has 1 aliphatic heterocycles. The molecule has 1 aliphatic rings. The predicted molar refractivity (Wildman–Crippen MR) is 88.8 cm³/mol. The van der Waals surface area contributed by atoms with Crippen LogP contribution in [0.15, 0.2) is 53.7 Å². The Balaban J connectivity index is 1.66. The van der Waals surface area contributed by atoms with E-state index in [0.29, 0.717) is 12.1 Å². The first-order chi connectivity index (χ1) is 11.2. The monoisotopic (exact) mass is 310 g/mol. The quantitative estimate of drug-likeness (QED) is 0.944. The van der Waals surface area contributed by atoms with Crippen molar-refractivity contribution in [3.8, 4) is 5.75 Å². The van der Waals surface area contributed by atoms with Crippen molar-refractivity contribution in [3.63, 3.8) is 0 Å². The lowest BCUT2D eigenvalue weighted by atomic mass is 10.0. The van der Waals surface area contributed by atoms with Gasteiger partial charge in [0.1, 0.15) is 5.75 Å². The molecule has 0 bridgehead atoms. The summed E-state index contributed by atoms with van der Waals surface area (Å²) in [6.07, 6.45) is -0.214. The van der Waals surface area contributed by atoms with Gasteiger partial charge in [0.15, 0.2) is 0 Å². The number of amides is 1. The van der Waals surface area contributed by atoms with E-state index in [0.717, 1.165) is 22.6 Å². The second-order valence-corrected chi connectivity index (χ2v) is 5.39. The summed E-state index contributed by atoms with van der Waals surface area (Å²) in [5.41, 5.74) is 3.45. The Morgan fingerprint density at radius 1 is 1.22 bits per heavy atom. The van der Waals surface area contributed by atoms with Crippen molar-refractivity contribution in [1.29, 1.82) is 0 Å². The smallest absolute Gasteiger partial charge is 0.268 e. The fourth-order valence-corrected chi connectivity index (χ4v) is 2.42. The van der Waals surface area contributed by atoms with E-state index in [1.165, 1.54) is 0 Å². The highest BCUT2D eigenvalue weighted by Gasteiger charge is 2.30. The number of hydrogen-bond donors (Lipinski definition) is 1. The lowest BCUT2D eigenvalue weighted by Crippen LogP contribution is -2.28. The number of rotatable bonds is 4. The summed E-state index contributed by atoms with van der Waals surface area (Å²) in [4.78, 5) is 17.6. The van der Waals surface area contributed by atoms with Crippen molar-refractivity contribution in [2.24, 2.45) is 5.16 Å². The molecular weight excluding hydrogens is 292 g/mol. The molecule has 1 unspecified atom stereocenters. The second kappa shape index (κ2) is 6.52. The number of nitrogens with zero attached hydrogens (tertiary/aromatic N) is 1. The van der Waals surface area contributed by atoms with Gasteiger partial charge in [0.05, 0.1) is 12.8 Å². The standard InChI is InChI=1S/C18H18N2O3/c1-12-7-9-13(10-8-12)19-18(21)17-11-15(20-23-17)14-5-3-4-6-16(14)22-2/h3-10,17H,11H2,1-2H3,(H,19,21). The Bertz CT molecular complexity index is 738. The van der Waals surface area contributed by atoms with Gasteiger partial charge in [-0.25, -0.2) is 0 Å². The summed E-state index contributed by atoms with van der Waals surface area (Å²) < 4.78 is 5.32. The van der Waals surface area contributed by atoms with Gasteiger partial charge in [-0.15, -0.1) is 0 Å². The van der Waals surface area contributed by atoms with Crippen molar-refractivity contribution in [3.05, 3.63) is 59.7 Å². The summed E-state index contributed by atoms with van der Waals surface area (Å²) >= 11 is 0. The third-order valence-corrected chi connectivity index (χ3v) is 3.70. The fraction of sp³-hybridized carbons (Fsp3) is 0.222. The normalized spacial score (nSPS) is 16.4. The van der Waals surface area contributed by atoms with Crippen molar-refractivity contribution < 1.29 is 14.4 Å². The third-order valence-electron chi connectivity index (χ3n) is 3.70. The zero-order valence-corrected chi connectivity index (χ0v) is 13.1. The van der Waals surface area contributed by atoms with E-state index in [2.05, 4.69) is 10.5 Å². The van der Waals surface area contributed by atoms with Crippen LogP contribution in [0.25, 0.3) is 0 Å². The number of carbonyl (C=O) groups excluding carboxylic acids is 1. The number of aryl methyl sites for hydroxylation is 1. The van der Waals surface area contributed by atoms with Crippen LogP contribution in [0, 0.1) is 6.92 Å². The largest absolute Gasteiger partial charge is 0.496 e. The molecule has 3 rings (SSSR count). The lowest BCUT2D eigenvalue weighted by molar-refractivity contribution is -0.125. The van der Waals surface area contributed by atoms with Crippen molar-refractivity contribution >= 4 is 17.3 Å². The van der Waals surface area contributed by atoms with Crippen molar-refractivity contribution in [2.45, 2.75) is 19.4 Å². The minimum absolute atomic E-state index is 0.206. The lowest BCUT2D eigenvalue weighted by Gasteiger charge is -2.10. The minimum Gasteiger partial charge on any atom is -0.496 e. The average Bonchev–Trinajstić information content (AvgIpc) is 3.07. The molecular formula is C18H18N2O3. The molecule has 23 heavy (non-hydrogen) atoms. The molecule has 118 valence electrons. The highest BCUT2D eigenvalue weighted by atomic mass is 16.6. The summed E-state index contributed by atoms with van der Waals surface area (Å²) in [7, 11) is 1.61. The van der Waals surface area contributed by atoms with Crippen LogP contribution in [0.1, 0.15) is 17.5 Å². The van der Waals surface area contributed by atoms with Gasteiger partial charge < -0.3 is 14.9 Å². The molecule has 0 saturated carbocycles. The maximum atomic E-state index is 12.3. The van der Waals surface area contributed by atoms with Gasteiger partial charge in [-0.2, -0.15) is 0 Å². The zero-order chi connectivity index (χ0) is 16.2. The molecule has 1 heterocycles. The summed E-state index contributed by atoms with van der Waals surface area (Å²) in [5, 5.41) is 6.89. The molecule has 1 N–H and O–H groups in total. The molecule has 5 nitrogen and oxygen atoms in total. The maximum absolute atomic E-state index is 12.3. The SMILES string of the molecule is COc1ccccc1C1=NOC(C(=O)Nc2ccc(C)cc2)C1. The third kappa shape index (κ3) is 3.34. The summed E-state index contributed by atoms with van der Waals surface area (Å²) in [5.74, 6) is 0.511. The van der Waals surface area contributed by atoms with Gasteiger partial charge in [0.2, 0.25) is 6.10 Å². The zero-order valence-electron chi connectivity index (χ0n) is 13.1. The van der Waals surface area contributed by atoms with Gasteiger partial charge >= 0.3 is 0 Å². The molecule has 2 aromatic carbocycles. The van der Waals surface area contributed by atoms with Crippen LogP contribution in [0.4, 0.5) is 5.69 Å². The van der Waals surface area contributed by atoms with Gasteiger partial charge in [0.25, 0.3) is 5.91 Å². The van der Waals surface area contributed by atoms with E-state index in [4.69, 9.17) is 9.57 Å². The van der Waals surface area contributed by atoms with E-state index in [1.807, 2.05) is 55.5 Å². The Hall–Kier alpha value is -2.82. The Morgan fingerprint density at radius 2 is 1.96 bits per heavy atom. The summed E-state index contributed by atoms with van der Waals surface area (Å²) in [6, 6.07) is 15.2. The van der Waals surface area contributed by atoms with Crippen LogP contribution in [0.5, 0.6) is 5.75 Å². The van der Waals surface area contributed by atoms with Crippen LogP contribution in [-0.4, -0.2) is 24.8 Å². The number of hydrogen-bond acceptors (Lipinski definition) is 4. The molecule has 1 atom stereocenters. The van der Waals surface area contributed by atoms with Gasteiger partial charge in [-0.3, -0.25) is 4.79 Å². The first-order valence-corrected chi connectivity index (χ1v) is 7.41. The number of carbonyl (C=O) groups is 1. The van der Waals surface area contributed by atoms with E-state index in [9.17, 15) is 4.79 Å². The van der Waals surface area contributed by atoms with Crippen molar-refractivity contribution in [1.82, 2.24) is 0 Å². The molecule has 0 spiro atoms. The van der Waals surface area contributed by atoms with Crippen molar-refractivity contribution in [2.75, 3.05) is 12.4 Å². The first-order valence-electron chi connectivity index (χ1n) is 7.41. The van der Waals surface area contributed by atoms with E-state index in [-0.39, 0.29) is 5.91 Å². The Kier molecular flexibility index (Phi) is 4.28. The molecule has 0 saturated heterocycles. The Morgan fingerprint density at radius 3 is 2.70 bits per heavy atom. The van der Waals surface area contributed by atoms with Gasteiger partial charge in [-0.05, 0) is 31.2 Å². The number of benzene rings is 2. The molecule has 5 heteroatoms. The van der Waals surface area contributed by atoms with Crippen LogP contribution in [0.2, 0.25) is 0 Å². The van der Waals surface area contributed by atoms with E-state index in [1.54, 1.807) is 7.11 Å². The summed E-state index contributed by atoms with van der Waals surface area (Å²) in [6.45, 7) is 2.00. The molecule has 1 amide bonds. The molecule has 2 aromatic rings. The van der Waals surface area contributed by atoms with Crippen LogP contribution in [0.3, 0.4) is 0 Å². The minimum atomic E-state index is -0.629. The van der Waals surface area contributed by atoms with E-state index < -0.39 is 6.10 Å². The van der Waals surface area contributed by atoms with E-state index >= 15 is 0 Å². The highest BCUT2D eigenvalue weighted by Crippen LogP contribution is 2.25. The second-order valence-electron chi connectivity index (χ2n) is 5.39. The maximum Gasteiger partial charge on any atom is 0.268 e. The first kappa shape index (κ1) is 15.1.